The van der Waals surface area contributed by atoms with E-state index in [0.29, 0.717) is 18.2 Å². The highest BCUT2D eigenvalue weighted by Gasteiger charge is 1.91. The minimum atomic E-state index is 0.525. The first-order valence-corrected chi connectivity index (χ1v) is 4.44. The number of nitrogens with two attached hydrogens (primary N) is 1. The first kappa shape index (κ1) is 10.1. The average molecular weight is 198 g/mol. The Kier molecular flexibility index (Phi) is 4.36. The van der Waals surface area contributed by atoms with E-state index in [9.17, 15) is 0 Å². The van der Waals surface area contributed by atoms with Gasteiger partial charge in [-0.15, -0.1) is 0 Å². The van der Waals surface area contributed by atoms with Crippen molar-refractivity contribution >= 4 is 11.6 Å². The van der Waals surface area contributed by atoms with Gasteiger partial charge in [-0.1, -0.05) is 29.8 Å². The molecule has 1 aromatic rings. The number of hydrogen-bond acceptors (Lipinski definition) is 2. The van der Waals surface area contributed by atoms with Crippen LogP contribution in [-0.4, -0.2) is 13.2 Å². The largest absolute Gasteiger partial charge is 0.489 e. The Labute approximate surface area is 83.0 Å². The molecule has 0 amide bonds. The van der Waals surface area contributed by atoms with Gasteiger partial charge < -0.3 is 10.5 Å². The second-order valence-electron chi connectivity index (χ2n) is 2.48. The van der Waals surface area contributed by atoms with Gasteiger partial charge in [0, 0.05) is 11.6 Å². The van der Waals surface area contributed by atoms with Crippen LogP contribution in [0.15, 0.2) is 36.4 Å². The van der Waals surface area contributed by atoms with E-state index in [0.717, 1.165) is 5.75 Å². The Balaban J connectivity index is 2.41. The zero-order chi connectivity index (χ0) is 9.52. The van der Waals surface area contributed by atoms with Crippen molar-refractivity contribution in [2.45, 2.75) is 0 Å². The maximum Gasteiger partial charge on any atom is 0.121 e. The van der Waals surface area contributed by atoms with Crippen molar-refractivity contribution in [1.29, 1.82) is 0 Å². The first-order valence-electron chi connectivity index (χ1n) is 4.06. The highest BCUT2D eigenvalue weighted by Crippen LogP contribution is 2.16. The van der Waals surface area contributed by atoms with E-state index in [2.05, 4.69) is 0 Å². The fourth-order valence-electron chi connectivity index (χ4n) is 0.865. The predicted molar refractivity (Wildman–Crippen MR) is 55.1 cm³/mol. The Morgan fingerprint density at radius 1 is 1.38 bits per heavy atom. The van der Waals surface area contributed by atoms with E-state index in [1.165, 1.54) is 0 Å². The molecule has 0 spiro atoms. The van der Waals surface area contributed by atoms with Crippen molar-refractivity contribution in [3.05, 3.63) is 41.4 Å². The molecule has 0 atom stereocenters. The lowest BCUT2D eigenvalue weighted by Crippen LogP contribution is -1.96. The van der Waals surface area contributed by atoms with Gasteiger partial charge in [-0.05, 0) is 18.2 Å². The van der Waals surface area contributed by atoms with Crippen LogP contribution in [0.3, 0.4) is 0 Å². The SMILES string of the molecule is NC/C=C/COc1cccc(Cl)c1. The molecule has 0 radical (unpaired) electrons. The van der Waals surface area contributed by atoms with Crippen molar-refractivity contribution in [1.82, 2.24) is 0 Å². The van der Waals surface area contributed by atoms with Crippen LogP contribution < -0.4 is 10.5 Å². The van der Waals surface area contributed by atoms with Gasteiger partial charge in [0.1, 0.15) is 12.4 Å². The van der Waals surface area contributed by atoms with E-state index in [1.54, 1.807) is 6.07 Å². The molecule has 0 unspecified atom stereocenters. The second-order valence-corrected chi connectivity index (χ2v) is 2.91. The molecule has 1 rings (SSSR count). The van der Waals surface area contributed by atoms with Gasteiger partial charge >= 0.3 is 0 Å². The Morgan fingerprint density at radius 2 is 2.23 bits per heavy atom. The molecule has 0 saturated carbocycles. The predicted octanol–water partition coefficient (Wildman–Crippen LogP) is 2.23. The van der Waals surface area contributed by atoms with Crippen molar-refractivity contribution in [2.75, 3.05) is 13.2 Å². The summed E-state index contributed by atoms with van der Waals surface area (Å²) in [6.45, 7) is 1.07. The van der Waals surface area contributed by atoms with Gasteiger partial charge in [0.25, 0.3) is 0 Å². The molecule has 70 valence electrons. The van der Waals surface area contributed by atoms with Crippen LogP contribution in [0.4, 0.5) is 0 Å². The topological polar surface area (TPSA) is 35.2 Å². The highest BCUT2D eigenvalue weighted by molar-refractivity contribution is 6.30. The van der Waals surface area contributed by atoms with Gasteiger partial charge in [0.05, 0.1) is 0 Å². The maximum absolute atomic E-state index is 5.77. The summed E-state index contributed by atoms with van der Waals surface area (Å²) in [5.74, 6) is 0.772. The molecule has 0 aliphatic rings. The molecule has 3 heteroatoms. The van der Waals surface area contributed by atoms with E-state index >= 15 is 0 Å². The van der Waals surface area contributed by atoms with Crippen LogP contribution >= 0.6 is 11.6 Å². The minimum Gasteiger partial charge on any atom is -0.489 e. The number of rotatable bonds is 4. The highest BCUT2D eigenvalue weighted by atomic mass is 35.5. The van der Waals surface area contributed by atoms with Gasteiger partial charge in [-0.2, -0.15) is 0 Å². The summed E-state index contributed by atoms with van der Waals surface area (Å²) >= 11 is 5.77. The Hall–Kier alpha value is -0.990. The molecule has 2 nitrogen and oxygen atoms in total. The molecule has 0 aliphatic heterocycles. The minimum absolute atomic E-state index is 0.525. The van der Waals surface area contributed by atoms with Crippen molar-refractivity contribution in [2.24, 2.45) is 5.73 Å². The van der Waals surface area contributed by atoms with Crippen LogP contribution in [0.2, 0.25) is 5.02 Å². The third-order valence-electron chi connectivity index (χ3n) is 1.45. The zero-order valence-corrected chi connectivity index (χ0v) is 8.00. The summed E-state index contributed by atoms with van der Waals surface area (Å²) in [5, 5.41) is 0.681. The lowest BCUT2D eigenvalue weighted by Gasteiger charge is -2.02. The molecule has 2 N–H and O–H groups in total. The molecule has 0 saturated heterocycles. The summed E-state index contributed by atoms with van der Waals surface area (Å²) in [6, 6.07) is 7.30. The molecule has 1 aromatic carbocycles. The summed E-state index contributed by atoms with van der Waals surface area (Å²) in [7, 11) is 0. The average Bonchev–Trinajstić information content (AvgIpc) is 2.13. The van der Waals surface area contributed by atoms with E-state index in [4.69, 9.17) is 22.1 Å². The molecule has 13 heavy (non-hydrogen) atoms. The van der Waals surface area contributed by atoms with Crippen LogP contribution in [0, 0.1) is 0 Å². The smallest absolute Gasteiger partial charge is 0.121 e. The lowest BCUT2D eigenvalue weighted by atomic mass is 10.3. The molecule has 0 aliphatic carbocycles. The fourth-order valence-corrected chi connectivity index (χ4v) is 1.05. The van der Waals surface area contributed by atoms with Crippen molar-refractivity contribution < 1.29 is 4.74 Å². The number of halogens is 1. The van der Waals surface area contributed by atoms with E-state index in [-0.39, 0.29) is 0 Å². The second kappa shape index (κ2) is 5.62. The molecule has 0 bridgehead atoms. The molecule has 0 fully saturated rings. The lowest BCUT2D eigenvalue weighted by molar-refractivity contribution is 0.362. The molecule has 0 heterocycles. The monoisotopic (exact) mass is 197 g/mol. The van der Waals surface area contributed by atoms with Crippen molar-refractivity contribution in [3.63, 3.8) is 0 Å². The van der Waals surface area contributed by atoms with Gasteiger partial charge in [0.2, 0.25) is 0 Å². The van der Waals surface area contributed by atoms with Crippen LogP contribution in [0.25, 0.3) is 0 Å². The van der Waals surface area contributed by atoms with Crippen LogP contribution in [-0.2, 0) is 0 Å². The molecule has 0 aromatic heterocycles. The zero-order valence-electron chi connectivity index (χ0n) is 7.24. The number of ether oxygens (including phenoxy) is 1. The quantitative estimate of drug-likeness (QED) is 0.752. The van der Waals surface area contributed by atoms with E-state index < -0.39 is 0 Å². The van der Waals surface area contributed by atoms with Crippen molar-refractivity contribution in [3.8, 4) is 5.75 Å². The summed E-state index contributed by atoms with van der Waals surface area (Å²) in [4.78, 5) is 0. The van der Waals surface area contributed by atoms with Gasteiger partial charge in [0.15, 0.2) is 0 Å². The number of hydrogen-bond donors (Lipinski definition) is 1. The van der Waals surface area contributed by atoms with Gasteiger partial charge in [-0.3, -0.25) is 0 Å². The molecular formula is C10H12ClNO. The third-order valence-corrected chi connectivity index (χ3v) is 1.68. The first-order chi connectivity index (χ1) is 6.33. The number of benzene rings is 1. The molecular weight excluding hydrogens is 186 g/mol. The Bertz CT molecular complexity index is 286. The summed E-state index contributed by atoms with van der Waals surface area (Å²) < 4.78 is 5.36. The summed E-state index contributed by atoms with van der Waals surface area (Å²) in [5.41, 5.74) is 5.27. The standard InChI is InChI=1S/C10H12ClNO/c11-9-4-3-5-10(8-9)13-7-2-1-6-12/h1-5,8H,6-7,12H2/b2-1+. The van der Waals surface area contributed by atoms with Gasteiger partial charge in [-0.25, -0.2) is 0 Å². The fraction of sp³-hybridized carbons (Fsp3) is 0.200. The van der Waals surface area contributed by atoms with Crippen LogP contribution in [0.1, 0.15) is 0 Å². The van der Waals surface area contributed by atoms with E-state index in [1.807, 2.05) is 30.4 Å². The third kappa shape index (κ3) is 3.97. The summed E-state index contributed by atoms with van der Waals surface area (Å²) in [6.07, 6.45) is 3.73. The normalized spacial score (nSPS) is 10.6. The Morgan fingerprint density at radius 3 is 2.92 bits per heavy atom. The maximum atomic E-state index is 5.77. The van der Waals surface area contributed by atoms with Crippen LogP contribution in [0.5, 0.6) is 5.75 Å².